The van der Waals surface area contributed by atoms with Gasteiger partial charge in [0.25, 0.3) is 0 Å². The molecule has 1 aliphatic carbocycles. The second kappa shape index (κ2) is 14.9. The first-order valence-electron chi connectivity index (χ1n) is 12.9. The van der Waals surface area contributed by atoms with Crippen LogP contribution in [0.25, 0.3) is 0 Å². The van der Waals surface area contributed by atoms with Crippen LogP contribution in [0, 0.1) is 10.8 Å². The summed E-state index contributed by atoms with van der Waals surface area (Å²) < 4.78 is 0. The molecule has 1 saturated carbocycles. The molecule has 2 unspecified atom stereocenters. The fourth-order valence-corrected chi connectivity index (χ4v) is 5.71. The summed E-state index contributed by atoms with van der Waals surface area (Å²) in [6.07, 6.45) is 21.3. The van der Waals surface area contributed by atoms with E-state index in [-0.39, 0.29) is 0 Å². The number of carbonyl (C=O) groups is 2. The van der Waals surface area contributed by atoms with Crippen molar-refractivity contribution >= 4 is 11.9 Å². The lowest BCUT2D eigenvalue weighted by Crippen LogP contribution is -2.54. The largest absolute Gasteiger partial charge is 0.481 e. The highest BCUT2D eigenvalue weighted by molar-refractivity contribution is 5.87. The first kappa shape index (κ1) is 27.0. The zero-order valence-corrected chi connectivity index (χ0v) is 19.9. The molecule has 0 aromatic rings. The lowest BCUT2D eigenvalue weighted by molar-refractivity contribution is -0.181. The zero-order valence-electron chi connectivity index (χ0n) is 19.9. The van der Waals surface area contributed by atoms with Crippen molar-refractivity contribution in [1.29, 1.82) is 0 Å². The van der Waals surface area contributed by atoms with Crippen LogP contribution in [0.3, 0.4) is 0 Å². The van der Waals surface area contributed by atoms with E-state index in [1.54, 1.807) is 0 Å². The molecule has 2 atom stereocenters. The first-order valence-corrected chi connectivity index (χ1v) is 12.9. The molecule has 30 heavy (non-hydrogen) atoms. The van der Waals surface area contributed by atoms with Gasteiger partial charge in [-0.25, -0.2) is 0 Å². The van der Waals surface area contributed by atoms with E-state index < -0.39 is 22.8 Å². The Bertz CT molecular complexity index is 489. The van der Waals surface area contributed by atoms with Crippen molar-refractivity contribution in [2.45, 2.75) is 142 Å². The lowest BCUT2D eigenvalue weighted by atomic mass is 9.53. The number of hydrogen-bond acceptors (Lipinski definition) is 2. The van der Waals surface area contributed by atoms with Crippen LogP contribution in [-0.2, 0) is 9.59 Å². The summed E-state index contributed by atoms with van der Waals surface area (Å²) in [6.45, 7) is 4.11. The predicted octanol–water partition coefficient (Wildman–Crippen LogP) is 7.98. The SMILES string of the molecule is CCCCCCCCCCCCCCCCC1(C(=O)O)CCCCC1(CC)C(=O)O. The van der Waals surface area contributed by atoms with Gasteiger partial charge in [0.05, 0.1) is 10.8 Å². The maximum Gasteiger partial charge on any atom is 0.310 e. The van der Waals surface area contributed by atoms with Crippen molar-refractivity contribution in [3.8, 4) is 0 Å². The molecule has 1 aliphatic rings. The second-order valence-corrected chi connectivity index (χ2v) is 9.68. The normalized spacial score (nSPS) is 24.1. The summed E-state index contributed by atoms with van der Waals surface area (Å²) in [5, 5.41) is 20.0. The van der Waals surface area contributed by atoms with Gasteiger partial charge >= 0.3 is 11.9 Å². The fraction of sp³-hybridized carbons (Fsp3) is 0.923. The fourth-order valence-electron chi connectivity index (χ4n) is 5.71. The van der Waals surface area contributed by atoms with Gasteiger partial charge in [0.15, 0.2) is 0 Å². The van der Waals surface area contributed by atoms with Crippen LogP contribution < -0.4 is 0 Å². The molecule has 0 aromatic carbocycles. The minimum atomic E-state index is -1.09. The highest BCUT2D eigenvalue weighted by Gasteiger charge is 2.60. The van der Waals surface area contributed by atoms with Crippen LogP contribution in [0.5, 0.6) is 0 Å². The van der Waals surface area contributed by atoms with Crippen LogP contribution in [0.4, 0.5) is 0 Å². The lowest BCUT2D eigenvalue weighted by Gasteiger charge is -2.48. The van der Waals surface area contributed by atoms with Gasteiger partial charge in [0.2, 0.25) is 0 Å². The maximum absolute atomic E-state index is 12.3. The van der Waals surface area contributed by atoms with Gasteiger partial charge in [0.1, 0.15) is 0 Å². The number of carboxylic acid groups (broad SMARTS) is 2. The molecule has 1 fully saturated rings. The van der Waals surface area contributed by atoms with Crippen LogP contribution in [0.1, 0.15) is 142 Å². The monoisotopic (exact) mass is 424 g/mol. The summed E-state index contributed by atoms with van der Waals surface area (Å²) >= 11 is 0. The summed E-state index contributed by atoms with van der Waals surface area (Å²) in [6, 6.07) is 0. The Balaban J connectivity index is 2.24. The van der Waals surface area contributed by atoms with Gasteiger partial charge < -0.3 is 10.2 Å². The molecule has 0 heterocycles. The maximum atomic E-state index is 12.3. The molecule has 4 heteroatoms. The van der Waals surface area contributed by atoms with Crippen molar-refractivity contribution in [2.75, 3.05) is 0 Å². The van der Waals surface area contributed by atoms with E-state index >= 15 is 0 Å². The van der Waals surface area contributed by atoms with Crippen LogP contribution in [0.15, 0.2) is 0 Å². The molecule has 0 aromatic heterocycles. The Morgan fingerprint density at radius 2 is 0.967 bits per heavy atom. The molecule has 0 aliphatic heterocycles. The van der Waals surface area contributed by atoms with Gasteiger partial charge in [-0.1, -0.05) is 117 Å². The van der Waals surface area contributed by atoms with Gasteiger partial charge in [0, 0.05) is 0 Å². The topological polar surface area (TPSA) is 74.6 Å². The highest BCUT2D eigenvalue weighted by Crippen LogP contribution is 2.56. The predicted molar refractivity (Wildman–Crippen MR) is 124 cm³/mol. The van der Waals surface area contributed by atoms with E-state index in [0.29, 0.717) is 25.7 Å². The van der Waals surface area contributed by atoms with Gasteiger partial charge in [-0.05, 0) is 25.7 Å². The summed E-state index contributed by atoms with van der Waals surface area (Å²) in [7, 11) is 0. The molecule has 0 saturated heterocycles. The number of hydrogen-bond donors (Lipinski definition) is 2. The van der Waals surface area contributed by atoms with Crippen molar-refractivity contribution < 1.29 is 19.8 Å². The second-order valence-electron chi connectivity index (χ2n) is 9.68. The van der Waals surface area contributed by atoms with Crippen molar-refractivity contribution in [1.82, 2.24) is 0 Å². The van der Waals surface area contributed by atoms with Crippen molar-refractivity contribution in [3.05, 3.63) is 0 Å². The molecule has 2 N–H and O–H groups in total. The molecule has 4 nitrogen and oxygen atoms in total. The van der Waals surface area contributed by atoms with Crippen LogP contribution >= 0.6 is 0 Å². The number of unbranched alkanes of at least 4 members (excludes halogenated alkanes) is 13. The van der Waals surface area contributed by atoms with Crippen molar-refractivity contribution in [3.63, 3.8) is 0 Å². The zero-order chi connectivity index (χ0) is 22.3. The molecule has 176 valence electrons. The van der Waals surface area contributed by atoms with Gasteiger partial charge in [-0.3, -0.25) is 9.59 Å². The smallest absolute Gasteiger partial charge is 0.310 e. The third kappa shape index (κ3) is 7.57. The number of carboxylic acids is 2. The Morgan fingerprint density at radius 3 is 1.33 bits per heavy atom. The summed E-state index contributed by atoms with van der Waals surface area (Å²) in [5.74, 6) is -1.79. The highest BCUT2D eigenvalue weighted by atomic mass is 16.4. The Labute approximate surface area is 185 Å². The Kier molecular flexibility index (Phi) is 13.4. The minimum absolute atomic E-state index is 0.410. The third-order valence-corrected chi connectivity index (χ3v) is 7.75. The van der Waals surface area contributed by atoms with Gasteiger partial charge in [-0.15, -0.1) is 0 Å². The molecule has 1 rings (SSSR count). The van der Waals surface area contributed by atoms with E-state index in [1.165, 1.54) is 70.6 Å². The van der Waals surface area contributed by atoms with E-state index in [9.17, 15) is 19.8 Å². The summed E-state index contributed by atoms with van der Waals surface area (Å²) in [5.41, 5.74) is -2.17. The third-order valence-electron chi connectivity index (χ3n) is 7.75. The average Bonchev–Trinajstić information content (AvgIpc) is 2.73. The Hall–Kier alpha value is -1.06. The Morgan fingerprint density at radius 1 is 0.600 bits per heavy atom. The summed E-state index contributed by atoms with van der Waals surface area (Å²) in [4.78, 5) is 24.4. The molecule has 0 radical (unpaired) electrons. The minimum Gasteiger partial charge on any atom is -0.481 e. The first-order chi connectivity index (χ1) is 14.5. The standard InChI is InChI=1S/C26H48O4/c1-3-5-6-7-8-9-10-11-12-13-14-15-16-17-21-26(24(29)30)22-19-18-20-25(26,4-2)23(27)28/h3-22H2,1-2H3,(H,27,28)(H,29,30). The number of rotatable bonds is 18. The van der Waals surface area contributed by atoms with E-state index in [4.69, 9.17) is 0 Å². The van der Waals surface area contributed by atoms with E-state index in [1.807, 2.05) is 6.92 Å². The van der Waals surface area contributed by atoms with Gasteiger partial charge in [-0.2, -0.15) is 0 Å². The quantitative estimate of drug-likeness (QED) is 0.219. The van der Waals surface area contributed by atoms with E-state index in [2.05, 4.69) is 6.92 Å². The number of aliphatic carboxylic acids is 2. The molecule has 0 spiro atoms. The van der Waals surface area contributed by atoms with Crippen LogP contribution in [-0.4, -0.2) is 22.2 Å². The molecule has 0 amide bonds. The molecular weight excluding hydrogens is 376 g/mol. The molecule has 0 bridgehead atoms. The average molecular weight is 425 g/mol. The van der Waals surface area contributed by atoms with E-state index in [0.717, 1.165) is 32.1 Å². The van der Waals surface area contributed by atoms with Crippen LogP contribution in [0.2, 0.25) is 0 Å². The van der Waals surface area contributed by atoms with Crippen molar-refractivity contribution in [2.24, 2.45) is 10.8 Å². The molecular formula is C26H48O4.